The van der Waals surface area contributed by atoms with Gasteiger partial charge in [0.15, 0.2) is 0 Å². The third-order valence-corrected chi connectivity index (χ3v) is 1.75. The minimum atomic E-state index is 0.873. The summed E-state index contributed by atoms with van der Waals surface area (Å²) >= 11 is 1.64. The zero-order valence-corrected chi connectivity index (χ0v) is 6.22. The molecule has 0 aromatic carbocycles. The summed E-state index contributed by atoms with van der Waals surface area (Å²) < 4.78 is 1.66. The number of aromatic nitrogens is 4. The first kappa shape index (κ1) is 6.54. The van der Waals surface area contributed by atoms with Crippen molar-refractivity contribution >= 4 is 11.8 Å². The Labute approximate surface area is 57.6 Å². The fourth-order valence-corrected chi connectivity index (χ4v) is 1.05. The zero-order chi connectivity index (χ0) is 6.69. The molecule has 1 aromatic rings. The van der Waals surface area contributed by atoms with Crippen molar-refractivity contribution < 1.29 is 0 Å². The van der Waals surface area contributed by atoms with Crippen molar-refractivity contribution in [2.45, 2.75) is 12.1 Å². The average Bonchev–Trinajstić information content (AvgIpc) is 2.18. The molecular formula is C4H8N4S. The lowest BCUT2D eigenvalue weighted by Crippen LogP contribution is -1.92. The van der Waals surface area contributed by atoms with E-state index in [1.807, 2.05) is 7.05 Å². The van der Waals surface area contributed by atoms with E-state index in [4.69, 9.17) is 0 Å². The molecule has 0 N–H and O–H groups in total. The summed E-state index contributed by atoms with van der Waals surface area (Å²) in [7, 11) is 1.83. The van der Waals surface area contributed by atoms with Crippen molar-refractivity contribution in [2.24, 2.45) is 7.05 Å². The molecule has 9 heavy (non-hydrogen) atoms. The monoisotopic (exact) mass is 144 g/mol. The van der Waals surface area contributed by atoms with E-state index in [1.165, 1.54) is 0 Å². The molecule has 0 aliphatic rings. The molecule has 0 atom stereocenters. The van der Waals surface area contributed by atoms with Crippen LogP contribution in [0.25, 0.3) is 0 Å². The van der Waals surface area contributed by atoms with Crippen LogP contribution < -0.4 is 0 Å². The van der Waals surface area contributed by atoms with Gasteiger partial charge < -0.3 is 0 Å². The highest BCUT2D eigenvalue weighted by Crippen LogP contribution is 2.09. The summed E-state index contributed by atoms with van der Waals surface area (Å²) in [4.78, 5) is 0. The largest absolute Gasteiger partial charge is 0.224 e. The molecule has 0 fully saturated rings. The second-order valence-corrected chi connectivity index (χ2v) is 2.75. The van der Waals surface area contributed by atoms with Gasteiger partial charge in [0.1, 0.15) is 0 Å². The summed E-state index contributed by atoms with van der Waals surface area (Å²) in [6.45, 7) is 2.07. The Bertz CT molecular complexity index is 184. The van der Waals surface area contributed by atoms with Gasteiger partial charge in [0.05, 0.1) is 0 Å². The average molecular weight is 144 g/mol. The smallest absolute Gasteiger partial charge is 0.209 e. The van der Waals surface area contributed by atoms with Gasteiger partial charge in [0.2, 0.25) is 5.16 Å². The van der Waals surface area contributed by atoms with Gasteiger partial charge in [-0.25, -0.2) is 4.68 Å². The molecule has 0 aliphatic carbocycles. The molecule has 0 saturated carbocycles. The molecule has 1 heterocycles. The lowest BCUT2D eigenvalue weighted by Gasteiger charge is -1.90. The topological polar surface area (TPSA) is 43.6 Å². The van der Waals surface area contributed by atoms with Crippen LogP contribution in [0.15, 0.2) is 5.16 Å². The van der Waals surface area contributed by atoms with E-state index < -0.39 is 0 Å². The van der Waals surface area contributed by atoms with Crippen molar-refractivity contribution in [3.05, 3.63) is 0 Å². The van der Waals surface area contributed by atoms with Crippen LogP contribution in [0.3, 0.4) is 0 Å². The molecule has 4 nitrogen and oxygen atoms in total. The van der Waals surface area contributed by atoms with Crippen LogP contribution in [0, 0.1) is 0 Å². The van der Waals surface area contributed by atoms with Crippen molar-refractivity contribution in [1.29, 1.82) is 0 Å². The number of thioether (sulfide) groups is 1. The van der Waals surface area contributed by atoms with E-state index in [9.17, 15) is 0 Å². The molecule has 0 spiro atoms. The van der Waals surface area contributed by atoms with Crippen molar-refractivity contribution in [2.75, 3.05) is 5.75 Å². The van der Waals surface area contributed by atoms with Gasteiger partial charge >= 0.3 is 0 Å². The van der Waals surface area contributed by atoms with Gasteiger partial charge in [-0.1, -0.05) is 18.7 Å². The standard InChI is InChI=1S/C4H8N4S/c1-3-9-4-5-6-7-8(4)2/h3H2,1-2H3. The molecule has 0 unspecified atom stereocenters. The highest BCUT2D eigenvalue weighted by molar-refractivity contribution is 7.99. The van der Waals surface area contributed by atoms with E-state index in [0.29, 0.717) is 0 Å². The maximum atomic E-state index is 3.77. The van der Waals surface area contributed by atoms with E-state index >= 15 is 0 Å². The Morgan fingerprint density at radius 1 is 1.67 bits per heavy atom. The van der Waals surface area contributed by atoms with Crippen LogP contribution in [0.4, 0.5) is 0 Å². The Kier molecular flexibility index (Phi) is 2.05. The first-order valence-corrected chi connectivity index (χ1v) is 3.68. The van der Waals surface area contributed by atoms with E-state index in [1.54, 1.807) is 16.4 Å². The molecule has 5 heteroatoms. The molecule has 0 bridgehead atoms. The molecular weight excluding hydrogens is 136 g/mol. The van der Waals surface area contributed by atoms with Crippen LogP contribution in [-0.4, -0.2) is 26.0 Å². The van der Waals surface area contributed by atoms with Crippen molar-refractivity contribution in [3.63, 3.8) is 0 Å². The van der Waals surface area contributed by atoms with E-state index in [0.717, 1.165) is 10.9 Å². The fourth-order valence-electron chi connectivity index (χ4n) is 0.473. The number of rotatable bonds is 2. The molecule has 50 valence electrons. The Morgan fingerprint density at radius 2 is 2.44 bits per heavy atom. The molecule has 0 amide bonds. The van der Waals surface area contributed by atoms with Gasteiger partial charge in [0, 0.05) is 7.05 Å². The molecule has 1 aromatic heterocycles. The summed E-state index contributed by atoms with van der Waals surface area (Å²) in [6, 6.07) is 0. The van der Waals surface area contributed by atoms with E-state index in [-0.39, 0.29) is 0 Å². The number of hydrogen-bond donors (Lipinski definition) is 0. The minimum Gasteiger partial charge on any atom is -0.224 e. The summed E-state index contributed by atoms with van der Waals surface area (Å²) in [5.74, 6) is 1.01. The second kappa shape index (κ2) is 2.82. The zero-order valence-electron chi connectivity index (χ0n) is 5.40. The summed E-state index contributed by atoms with van der Waals surface area (Å²) in [6.07, 6.45) is 0. The first-order valence-electron chi connectivity index (χ1n) is 2.69. The van der Waals surface area contributed by atoms with Gasteiger partial charge in [-0.2, -0.15) is 0 Å². The summed E-state index contributed by atoms with van der Waals surface area (Å²) in [5.41, 5.74) is 0. The molecule has 0 aliphatic heterocycles. The highest BCUT2D eigenvalue weighted by atomic mass is 32.2. The van der Waals surface area contributed by atoms with Crippen LogP contribution in [0.5, 0.6) is 0 Å². The SMILES string of the molecule is CCSc1nnnn1C. The molecule has 0 saturated heterocycles. The quantitative estimate of drug-likeness (QED) is 0.561. The Morgan fingerprint density at radius 3 is 2.89 bits per heavy atom. The molecule has 0 radical (unpaired) electrons. The van der Waals surface area contributed by atoms with Gasteiger partial charge in [0.25, 0.3) is 0 Å². The predicted octanol–water partition coefficient (Wildman–Crippen LogP) is 0.322. The third kappa shape index (κ3) is 1.41. The van der Waals surface area contributed by atoms with E-state index in [2.05, 4.69) is 22.4 Å². The normalized spacial score (nSPS) is 10.0. The van der Waals surface area contributed by atoms with Crippen LogP contribution in [0.1, 0.15) is 6.92 Å². The number of nitrogens with zero attached hydrogens (tertiary/aromatic N) is 4. The van der Waals surface area contributed by atoms with Crippen molar-refractivity contribution in [3.8, 4) is 0 Å². The number of hydrogen-bond acceptors (Lipinski definition) is 4. The maximum Gasteiger partial charge on any atom is 0.209 e. The predicted molar refractivity (Wildman–Crippen MR) is 35.2 cm³/mol. The number of tetrazole rings is 1. The highest BCUT2D eigenvalue weighted by Gasteiger charge is 1.97. The third-order valence-electron chi connectivity index (χ3n) is 0.855. The van der Waals surface area contributed by atoms with Gasteiger partial charge in [-0.15, -0.1) is 5.10 Å². The Hall–Kier alpha value is -0.580. The minimum absolute atomic E-state index is 0.873. The second-order valence-electron chi connectivity index (χ2n) is 1.52. The Balaban J connectivity index is 2.69. The molecule has 1 rings (SSSR count). The van der Waals surface area contributed by atoms with Crippen LogP contribution in [-0.2, 0) is 7.05 Å². The van der Waals surface area contributed by atoms with Crippen LogP contribution in [0.2, 0.25) is 0 Å². The van der Waals surface area contributed by atoms with Gasteiger partial charge in [-0.05, 0) is 16.2 Å². The number of aryl methyl sites for hydroxylation is 1. The summed E-state index contributed by atoms with van der Waals surface area (Å²) in [5, 5.41) is 11.8. The van der Waals surface area contributed by atoms with Crippen LogP contribution >= 0.6 is 11.8 Å². The van der Waals surface area contributed by atoms with Gasteiger partial charge in [-0.3, -0.25) is 0 Å². The lowest BCUT2D eigenvalue weighted by atomic mass is 11.0. The maximum absolute atomic E-state index is 3.77. The lowest BCUT2D eigenvalue weighted by molar-refractivity contribution is 0.665. The van der Waals surface area contributed by atoms with Crippen molar-refractivity contribution in [1.82, 2.24) is 20.2 Å². The fraction of sp³-hybridized carbons (Fsp3) is 0.750. The first-order chi connectivity index (χ1) is 4.34.